The van der Waals surface area contributed by atoms with Crippen LogP contribution in [0.5, 0.6) is 0 Å². The second-order valence-electron chi connectivity index (χ2n) is 4.93. The molecule has 110 valence electrons. The van der Waals surface area contributed by atoms with Gasteiger partial charge in [0.15, 0.2) is 0 Å². The number of hydrogen-bond donors (Lipinski definition) is 0. The van der Waals surface area contributed by atoms with Gasteiger partial charge in [-0.2, -0.15) is 18.4 Å². The molecule has 2 rings (SSSR count). The maximum Gasteiger partial charge on any atom is 0.417 e. The van der Waals surface area contributed by atoms with Crippen molar-refractivity contribution >= 4 is 17.5 Å². The summed E-state index contributed by atoms with van der Waals surface area (Å²) >= 11 is 0. The first-order valence-corrected chi connectivity index (χ1v) is 6.17. The highest BCUT2D eigenvalue weighted by atomic mass is 19.4. The van der Waals surface area contributed by atoms with Gasteiger partial charge in [0.1, 0.15) is 0 Å². The minimum absolute atomic E-state index is 0.160. The van der Waals surface area contributed by atoms with Crippen LogP contribution in [0, 0.1) is 23.2 Å². The number of alkyl halides is 3. The molecule has 0 saturated carbocycles. The number of nitrogens with zero attached hydrogens (tertiary/aromatic N) is 2. The SMILES string of the molecule is CC1C(=O)N(c2ccc(C#N)c(C(F)(F)F)c2)C(=O)C1C. The topological polar surface area (TPSA) is 61.2 Å². The molecule has 2 amide bonds. The third kappa shape index (κ3) is 2.37. The lowest BCUT2D eigenvalue weighted by Gasteiger charge is -2.17. The second-order valence-corrected chi connectivity index (χ2v) is 4.93. The van der Waals surface area contributed by atoms with E-state index in [-0.39, 0.29) is 5.69 Å². The Kier molecular flexibility index (Phi) is 3.49. The maximum absolute atomic E-state index is 12.9. The number of anilines is 1. The van der Waals surface area contributed by atoms with E-state index in [0.29, 0.717) is 6.07 Å². The van der Waals surface area contributed by atoms with E-state index in [2.05, 4.69) is 0 Å². The van der Waals surface area contributed by atoms with Crippen molar-refractivity contribution in [3.8, 4) is 6.07 Å². The number of hydrogen-bond acceptors (Lipinski definition) is 3. The van der Waals surface area contributed by atoms with Crippen LogP contribution in [0.3, 0.4) is 0 Å². The van der Waals surface area contributed by atoms with Crippen LogP contribution in [-0.4, -0.2) is 11.8 Å². The summed E-state index contributed by atoms with van der Waals surface area (Å²) in [5, 5.41) is 8.73. The highest BCUT2D eigenvalue weighted by Gasteiger charge is 2.44. The standard InChI is InChI=1S/C14H11F3N2O2/c1-7-8(2)13(21)19(12(7)20)10-4-3-9(6-18)11(5-10)14(15,16)17/h3-5,7-8H,1-2H3. The largest absolute Gasteiger partial charge is 0.417 e. The highest BCUT2D eigenvalue weighted by Crippen LogP contribution is 2.37. The molecule has 4 nitrogen and oxygen atoms in total. The maximum atomic E-state index is 12.9. The van der Waals surface area contributed by atoms with Crippen molar-refractivity contribution in [2.45, 2.75) is 20.0 Å². The van der Waals surface area contributed by atoms with Crippen LogP contribution in [0.25, 0.3) is 0 Å². The van der Waals surface area contributed by atoms with E-state index < -0.39 is 41.0 Å². The fraction of sp³-hybridized carbons (Fsp3) is 0.357. The van der Waals surface area contributed by atoms with Crippen molar-refractivity contribution in [1.29, 1.82) is 5.26 Å². The fourth-order valence-electron chi connectivity index (χ4n) is 2.20. The molecule has 1 aromatic rings. The summed E-state index contributed by atoms with van der Waals surface area (Å²) in [5.74, 6) is -2.24. The molecular formula is C14H11F3N2O2. The van der Waals surface area contributed by atoms with E-state index in [9.17, 15) is 22.8 Å². The van der Waals surface area contributed by atoms with Gasteiger partial charge in [-0.05, 0) is 18.2 Å². The van der Waals surface area contributed by atoms with Crippen LogP contribution < -0.4 is 4.90 Å². The Labute approximate surface area is 118 Å². The molecule has 0 spiro atoms. The Bertz CT molecular complexity index is 641. The predicted molar refractivity (Wildman–Crippen MR) is 67.0 cm³/mol. The van der Waals surface area contributed by atoms with Crippen molar-refractivity contribution in [3.05, 3.63) is 29.3 Å². The summed E-state index contributed by atoms with van der Waals surface area (Å²) in [4.78, 5) is 24.8. The molecule has 1 saturated heterocycles. The van der Waals surface area contributed by atoms with E-state index in [4.69, 9.17) is 5.26 Å². The summed E-state index contributed by atoms with van der Waals surface area (Å²) in [6.07, 6.45) is -4.73. The molecule has 1 heterocycles. The quantitative estimate of drug-likeness (QED) is 0.749. The number of amides is 2. The molecule has 21 heavy (non-hydrogen) atoms. The Morgan fingerprint density at radius 1 is 1.14 bits per heavy atom. The van der Waals surface area contributed by atoms with E-state index >= 15 is 0 Å². The first-order valence-electron chi connectivity index (χ1n) is 6.17. The van der Waals surface area contributed by atoms with Crippen molar-refractivity contribution in [2.24, 2.45) is 11.8 Å². The van der Waals surface area contributed by atoms with Crippen LogP contribution in [-0.2, 0) is 15.8 Å². The molecule has 1 aromatic carbocycles. The Balaban J connectivity index is 2.55. The van der Waals surface area contributed by atoms with Gasteiger partial charge in [0, 0.05) is 11.8 Å². The smallest absolute Gasteiger partial charge is 0.274 e. The average molecular weight is 296 g/mol. The van der Waals surface area contributed by atoms with Gasteiger partial charge in [0.25, 0.3) is 0 Å². The molecule has 0 aliphatic carbocycles. The first kappa shape index (κ1) is 15.0. The van der Waals surface area contributed by atoms with Gasteiger partial charge in [0.2, 0.25) is 11.8 Å². The Morgan fingerprint density at radius 2 is 1.67 bits per heavy atom. The number of carbonyl (C=O) groups excluding carboxylic acids is 2. The predicted octanol–water partition coefficient (Wildman–Crippen LogP) is 2.72. The summed E-state index contributed by atoms with van der Waals surface area (Å²) < 4.78 is 38.7. The number of halogens is 3. The van der Waals surface area contributed by atoms with Crippen molar-refractivity contribution < 1.29 is 22.8 Å². The van der Waals surface area contributed by atoms with E-state index in [1.165, 1.54) is 12.1 Å². The third-order valence-electron chi connectivity index (χ3n) is 3.66. The molecule has 2 atom stereocenters. The molecule has 1 aliphatic heterocycles. The van der Waals surface area contributed by atoms with Gasteiger partial charge < -0.3 is 0 Å². The van der Waals surface area contributed by atoms with Crippen molar-refractivity contribution in [1.82, 2.24) is 0 Å². The zero-order chi connectivity index (χ0) is 15.9. The second kappa shape index (κ2) is 4.88. The normalized spacial score (nSPS) is 22.6. The Hall–Kier alpha value is -2.36. The fourth-order valence-corrected chi connectivity index (χ4v) is 2.20. The first-order chi connectivity index (χ1) is 9.68. The summed E-state index contributed by atoms with van der Waals surface area (Å²) in [6, 6.07) is 4.26. The molecule has 7 heteroatoms. The summed E-state index contributed by atoms with van der Waals surface area (Å²) in [7, 11) is 0. The van der Waals surface area contributed by atoms with Crippen LogP contribution in [0.4, 0.5) is 18.9 Å². The van der Waals surface area contributed by atoms with Gasteiger partial charge in [-0.1, -0.05) is 13.8 Å². The number of carbonyl (C=O) groups is 2. The lowest BCUT2D eigenvalue weighted by molar-refractivity contribution is -0.138. The van der Waals surface area contributed by atoms with Gasteiger partial charge in [0.05, 0.1) is 22.9 Å². The Morgan fingerprint density at radius 3 is 2.10 bits per heavy atom. The molecule has 1 fully saturated rings. The van der Waals surface area contributed by atoms with Crippen LogP contribution >= 0.6 is 0 Å². The molecule has 0 N–H and O–H groups in total. The monoisotopic (exact) mass is 296 g/mol. The lowest BCUT2D eigenvalue weighted by Crippen LogP contribution is -2.31. The zero-order valence-corrected chi connectivity index (χ0v) is 11.2. The van der Waals surface area contributed by atoms with Crippen LogP contribution in [0.15, 0.2) is 18.2 Å². The van der Waals surface area contributed by atoms with E-state index in [0.717, 1.165) is 11.0 Å². The lowest BCUT2D eigenvalue weighted by atomic mass is 10.00. The van der Waals surface area contributed by atoms with Gasteiger partial charge in [-0.3, -0.25) is 14.5 Å². The third-order valence-corrected chi connectivity index (χ3v) is 3.66. The van der Waals surface area contributed by atoms with Gasteiger partial charge in [-0.25, -0.2) is 0 Å². The van der Waals surface area contributed by atoms with Gasteiger partial charge >= 0.3 is 6.18 Å². The molecule has 1 aliphatic rings. The average Bonchev–Trinajstić information content (AvgIpc) is 2.61. The molecule has 0 bridgehead atoms. The van der Waals surface area contributed by atoms with Crippen LogP contribution in [0.1, 0.15) is 25.0 Å². The molecule has 0 radical (unpaired) electrons. The minimum Gasteiger partial charge on any atom is -0.274 e. The van der Waals surface area contributed by atoms with Gasteiger partial charge in [-0.15, -0.1) is 0 Å². The number of imide groups is 1. The molecule has 0 aromatic heterocycles. The summed E-state index contributed by atoms with van der Waals surface area (Å²) in [6.45, 7) is 3.11. The van der Waals surface area contributed by atoms with E-state index in [1.54, 1.807) is 13.8 Å². The number of benzene rings is 1. The van der Waals surface area contributed by atoms with Crippen molar-refractivity contribution in [2.75, 3.05) is 4.90 Å². The zero-order valence-electron chi connectivity index (χ0n) is 11.2. The van der Waals surface area contributed by atoms with Crippen LogP contribution in [0.2, 0.25) is 0 Å². The number of nitriles is 1. The van der Waals surface area contributed by atoms with Crippen molar-refractivity contribution in [3.63, 3.8) is 0 Å². The molecular weight excluding hydrogens is 285 g/mol. The summed E-state index contributed by atoms with van der Waals surface area (Å²) in [5.41, 5.74) is -1.87. The minimum atomic E-state index is -4.73. The molecule has 2 unspecified atom stereocenters. The van der Waals surface area contributed by atoms with E-state index in [1.807, 2.05) is 0 Å². The highest BCUT2D eigenvalue weighted by molar-refractivity contribution is 6.21. The number of rotatable bonds is 1.